The third-order valence-electron chi connectivity index (χ3n) is 3.32. The van der Waals surface area contributed by atoms with Crippen molar-refractivity contribution >= 4 is 17.6 Å². The van der Waals surface area contributed by atoms with E-state index in [4.69, 9.17) is 21.1 Å². The predicted molar refractivity (Wildman–Crippen MR) is 91.4 cm³/mol. The summed E-state index contributed by atoms with van der Waals surface area (Å²) in [5, 5.41) is 2.90. The van der Waals surface area contributed by atoms with Crippen LogP contribution in [0.25, 0.3) is 0 Å². The van der Waals surface area contributed by atoms with Gasteiger partial charge in [-0.15, -0.1) is 0 Å². The van der Waals surface area contributed by atoms with E-state index in [9.17, 15) is 4.79 Å². The molecule has 1 aromatic rings. The van der Waals surface area contributed by atoms with Crippen molar-refractivity contribution in [1.82, 2.24) is 19.8 Å². The zero-order valence-corrected chi connectivity index (χ0v) is 14.8. The van der Waals surface area contributed by atoms with Gasteiger partial charge in [0.25, 0.3) is 0 Å². The van der Waals surface area contributed by atoms with E-state index in [2.05, 4.69) is 27.0 Å². The van der Waals surface area contributed by atoms with E-state index in [0.717, 1.165) is 32.8 Å². The molecule has 0 aromatic carbocycles. The van der Waals surface area contributed by atoms with Gasteiger partial charge in [0, 0.05) is 25.6 Å². The lowest BCUT2D eigenvalue weighted by atomic mass is 10.2. The second-order valence-corrected chi connectivity index (χ2v) is 6.04. The number of carbonyl (C=O) groups is 1. The Morgan fingerprint density at radius 3 is 2.96 bits per heavy atom. The molecule has 0 unspecified atom stereocenters. The van der Waals surface area contributed by atoms with E-state index in [-0.39, 0.29) is 29.7 Å². The van der Waals surface area contributed by atoms with E-state index in [1.807, 2.05) is 13.8 Å². The topological polar surface area (TPSA) is 68.6 Å². The van der Waals surface area contributed by atoms with Gasteiger partial charge in [-0.2, -0.15) is 4.98 Å². The van der Waals surface area contributed by atoms with Crippen molar-refractivity contribution in [3.63, 3.8) is 0 Å². The molecule has 0 saturated carbocycles. The number of halogens is 1. The van der Waals surface area contributed by atoms with Crippen LogP contribution in [0.2, 0.25) is 5.15 Å². The summed E-state index contributed by atoms with van der Waals surface area (Å²) in [5.41, 5.74) is 0. The number of carbonyl (C=O) groups excluding carboxylic acids is 1. The SMILES string of the molecule is CC(C)C#CCNC(=O)n1cc(Cl)nc1OCCN1CCOCC1. The molecule has 1 saturated heterocycles. The van der Waals surface area contributed by atoms with E-state index in [0.29, 0.717) is 6.61 Å². The molecule has 8 heteroatoms. The van der Waals surface area contributed by atoms with Crippen molar-refractivity contribution in [2.24, 2.45) is 5.92 Å². The van der Waals surface area contributed by atoms with E-state index in [1.165, 1.54) is 10.8 Å². The van der Waals surface area contributed by atoms with Gasteiger partial charge >= 0.3 is 12.0 Å². The summed E-state index contributed by atoms with van der Waals surface area (Å²) in [7, 11) is 0. The standard InChI is InChI=1S/C16H23ClN4O3/c1-13(2)4-3-5-18-15(22)21-12-14(17)19-16(21)24-11-8-20-6-9-23-10-7-20/h12-13H,5-11H2,1-2H3,(H,18,22). The van der Waals surface area contributed by atoms with Gasteiger partial charge in [-0.25, -0.2) is 9.36 Å². The monoisotopic (exact) mass is 354 g/mol. The second kappa shape index (κ2) is 9.52. The van der Waals surface area contributed by atoms with Crippen LogP contribution in [0.4, 0.5) is 4.79 Å². The summed E-state index contributed by atoms with van der Waals surface area (Å²) in [4.78, 5) is 18.4. The highest BCUT2D eigenvalue weighted by Gasteiger charge is 2.15. The Balaban J connectivity index is 1.84. The summed E-state index contributed by atoms with van der Waals surface area (Å²) in [6.45, 7) is 8.65. The van der Waals surface area contributed by atoms with Gasteiger partial charge in [0.15, 0.2) is 5.15 Å². The first-order chi connectivity index (χ1) is 11.6. The first kappa shape index (κ1) is 18.6. The maximum Gasteiger partial charge on any atom is 0.330 e. The second-order valence-electron chi connectivity index (χ2n) is 5.65. The zero-order valence-electron chi connectivity index (χ0n) is 14.0. The first-order valence-corrected chi connectivity index (χ1v) is 8.38. The number of nitrogens with zero attached hydrogens (tertiary/aromatic N) is 3. The number of amides is 1. The van der Waals surface area contributed by atoms with Crippen LogP contribution in [0.15, 0.2) is 6.20 Å². The Labute approximate surface area is 147 Å². The van der Waals surface area contributed by atoms with Gasteiger partial charge in [0.1, 0.15) is 6.61 Å². The maximum atomic E-state index is 12.2. The third kappa shape index (κ3) is 6.04. The molecule has 2 heterocycles. The number of morpholine rings is 1. The van der Waals surface area contributed by atoms with Crippen molar-refractivity contribution in [1.29, 1.82) is 0 Å². The molecule has 0 bridgehead atoms. The number of aromatic nitrogens is 2. The molecule has 1 aromatic heterocycles. The van der Waals surface area contributed by atoms with Crippen molar-refractivity contribution < 1.29 is 14.3 Å². The first-order valence-electron chi connectivity index (χ1n) is 8.00. The lowest BCUT2D eigenvalue weighted by Crippen LogP contribution is -2.39. The minimum Gasteiger partial charge on any atom is -0.463 e. The predicted octanol–water partition coefficient (Wildman–Crippen LogP) is 1.46. The Hall–Kier alpha value is -1.75. The van der Waals surface area contributed by atoms with Crippen LogP contribution in [-0.4, -0.2) is 66.5 Å². The molecule has 1 aliphatic rings. The van der Waals surface area contributed by atoms with E-state index < -0.39 is 0 Å². The Bertz CT molecular complexity index is 600. The van der Waals surface area contributed by atoms with Crippen molar-refractivity contribution in [2.75, 3.05) is 46.0 Å². The number of imidazole rings is 1. The minimum atomic E-state index is -0.367. The van der Waals surface area contributed by atoms with Gasteiger partial charge < -0.3 is 14.8 Å². The lowest BCUT2D eigenvalue weighted by molar-refractivity contribution is 0.0316. The van der Waals surface area contributed by atoms with Crippen LogP contribution in [0, 0.1) is 17.8 Å². The number of nitrogens with one attached hydrogen (secondary N) is 1. The molecule has 132 valence electrons. The number of rotatable bonds is 5. The highest BCUT2D eigenvalue weighted by molar-refractivity contribution is 6.29. The normalized spacial score (nSPS) is 15.0. The average molecular weight is 355 g/mol. The molecular weight excluding hydrogens is 332 g/mol. The summed E-state index contributed by atoms with van der Waals surface area (Å²) in [6.07, 6.45) is 1.43. The van der Waals surface area contributed by atoms with Gasteiger partial charge in [0.05, 0.1) is 26.0 Å². The molecule has 1 N–H and O–H groups in total. The summed E-state index contributed by atoms with van der Waals surface area (Å²) in [5.74, 6) is 6.14. The largest absolute Gasteiger partial charge is 0.463 e. The molecule has 0 spiro atoms. The van der Waals surface area contributed by atoms with Crippen LogP contribution < -0.4 is 10.1 Å². The van der Waals surface area contributed by atoms with Gasteiger partial charge in [0.2, 0.25) is 0 Å². The highest BCUT2D eigenvalue weighted by atomic mass is 35.5. The molecule has 7 nitrogen and oxygen atoms in total. The van der Waals surface area contributed by atoms with Gasteiger partial charge in [-0.3, -0.25) is 4.90 Å². The molecule has 1 amide bonds. The maximum absolute atomic E-state index is 12.2. The van der Waals surface area contributed by atoms with Crippen LogP contribution in [0.3, 0.4) is 0 Å². The van der Waals surface area contributed by atoms with E-state index in [1.54, 1.807) is 0 Å². The number of hydrogen-bond acceptors (Lipinski definition) is 5. The van der Waals surface area contributed by atoms with Crippen molar-refractivity contribution in [3.8, 4) is 17.9 Å². The van der Waals surface area contributed by atoms with Crippen LogP contribution in [0.5, 0.6) is 6.01 Å². The molecular formula is C16H23ClN4O3. The molecule has 2 rings (SSSR count). The quantitative estimate of drug-likeness (QED) is 0.811. The van der Waals surface area contributed by atoms with Crippen molar-refractivity contribution in [3.05, 3.63) is 11.3 Å². The van der Waals surface area contributed by atoms with Crippen LogP contribution >= 0.6 is 11.6 Å². The third-order valence-corrected chi connectivity index (χ3v) is 3.51. The summed E-state index contributed by atoms with van der Waals surface area (Å²) >= 11 is 5.89. The summed E-state index contributed by atoms with van der Waals surface area (Å²) < 4.78 is 12.2. The minimum absolute atomic E-state index is 0.183. The van der Waals surface area contributed by atoms with Crippen LogP contribution in [-0.2, 0) is 4.74 Å². The number of ether oxygens (including phenoxy) is 2. The smallest absolute Gasteiger partial charge is 0.330 e. The zero-order chi connectivity index (χ0) is 17.4. The van der Waals surface area contributed by atoms with Crippen molar-refractivity contribution in [2.45, 2.75) is 13.8 Å². The molecule has 0 aliphatic carbocycles. The molecule has 1 fully saturated rings. The Kier molecular flexibility index (Phi) is 7.37. The number of hydrogen-bond donors (Lipinski definition) is 1. The summed E-state index contributed by atoms with van der Waals surface area (Å²) in [6, 6.07) is -0.184. The highest BCUT2D eigenvalue weighted by Crippen LogP contribution is 2.15. The fourth-order valence-electron chi connectivity index (χ4n) is 2.13. The van der Waals surface area contributed by atoms with Gasteiger partial charge in [-0.1, -0.05) is 37.3 Å². The fourth-order valence-corrected chi connectivity index (χ4v) is 2.30. The Morgan fingerprint density at radius 2 is 2.25 bits per heavy atom. The fraction of sp³-hybridized carbons (Fsp3) is 0.625. The molecule has 24 heavy (non-hydrogen) atoms. The van der Waals surface area contributed by atoms with Gasteiger partial charge in [-0.05, 0) is 0 Å². The van der Waals surface area contributed by atoms with Crippen LogP contribution in [0.1, 0.15) is 13.8 Å². The van der Waals surface area contributed by atoms with E-state index >= 15 is 0 Å². The average Bonchev–Trinajstić information content (AvgIpc) is 2.93. The lowest BCUT2D eigenvalue weighted by Gasteiger charge is -2.26. The molecule has 1 aliphatic heterocycles. The molecule has 0 radical (unpaired) electrons. The Morgan fingerprint density at radius 1 is 1.50 bits per heavy atom. The molecule has 0 atom stereocenters.